The molecular weight excluding hydrogens is 325 g/mol. The van der Waals surface area contributed by atoms with E-state index in [9.17, 15) is 13.2 Å². The third-order valence-corrected chi connectivity index (χ3v) is 3.37. The Morgan fingerprint density at radius 3 is 2.67 bits per heavy atom. The van der Waals surface area contributed by atoms with Gasteiger partial charge in [0, 0.05) is 26.6 Å². The van der Waals surface area contributed by atoms with Crippen molar-refractivity contribution in [2.24, 2.45) is 0 Å². The summed E-state index contributed by atoms with van der Waals surface area (Å²) in [6.45, 7) is 4.23. The Morgan fingerprint density at radius 1 is 1.38 bits per heavy atom. The van der Waals surface area contributed by atoms with Crippen molar-refractivity contribution in [3.8, 4) is 0 Å². The highest BCUT2D eigenvalue weighted by Crippen LogP contribution is 2.33. The molecule has 0 radical (unpaired) electrons. The van der Waals surface area contributed by atoms with Gasteiger partial charge in [-0.25, -0.2) is 4.98 Å². The van der Waals surface area contributed by atoms with Crippen LogP contribution in [0.25, 0.3) is 0 Å². The van der Waals surface area contributed by atoms with Crippen LogP contribution in [0.4, 0.5) is 30.6 Å². The van der Waals surface area contributed by atoms with Crippen molar-refractivity contribution in [2.45, 2.75) is 32.7 Å². The molecule has 0 aliphatic heterocycles. The van der Waals surface area contributed by atoms with Crippen LogP contribution in [-0.4, -0.2) is 40.0 Å². The quantitative estimate of drug-likeness (QED) is 0.839. The maximum atomic E-state index is 12.9. The first-order valence-corrected chi connectivity index (χ1v) is 7.20. The summed E-state index contributed by atoms with van der Waals surface area (Å²) in [5.74, 6) is -0.243. The van der Waals surface area contributed by atoms with E-state index in [4.69, 9.17) is 4.74 Å². The van der Waals surface area contributed by atoms with Crippen LogP contribution in [0.1, 0.15) is 18.2 Å². The predicted octanol–water partition coefficient (Wildman–Crippen LogP) is 2.82. The van der Waals surface area contributed by atoms with Gasteiger partial charge in [0.2, 0.25) is 5.95 Å². The zero-order valence-electron chi connectivity index (χ0n) is 13.8. The highest BCUT2D eigenvalue weighted by molar-refractivity contribution is 5.57. The second-order valence-electron chi connectivity index (χ2n) is 5.23. The van der Waals surface area contributed by atoms with Gasteiger partial charge in [-0.2, -0.15) is 23.3 Å². The van der Waals surface area contributed by atoms with Crippen molar-refractivity contribution in [1.29, 1.82) is 0 Å². The third kappa shape index (κ3) is 4.13. The third-order valence-electron chi connectivity index (χ3n) is 3.37. The van der Waals surface area contributed by atoms with Crippen molar-refractivity contribution >= 4 is 17.5 Å². The van der Waals surface area contributed by atoms with Gasteiger partial charge in [-0.05, 0) is 13.8 Å². The zero-order chi connectivity index (χ0) is 17.9. The van der Waals surface area contributed by atoms with Crippen molar-refractivity contribution < 1.29 is 17.9 Å². The minimum absolute atomic E-state index is 0.0182. The first-order valence-electron chi connectivity index (χ1n) is 7.20. The number of hydrogen-bond donors (Lipinski definition) is 2. The van der Waals surface area contributed by atoms with Crippen molar-refractivity contribution in [2.75, 3.05) is 24.8 Å². The number of halogens is 3. The predicted molar refractivity (Wildman–Crippen MR) is 83.3 cm³/mol. The Morgan fingerprint density at radius 2 is 2.08 bits per heavy atom. The minimum atomic E-state index is -4.52. The number of hydrogen-bond acceptors (Lipinski definition) is 6. The number of nitrogens with zero attached hydrogens (tertiary/aromatic N) is 4. The number of rotatable bonds is 6. The summed E-state index contributed by atoms with van der Waals surface area (Å²) in [6, 6.07) is 0. The lowest BCUT2D eigenvalue weighted by Crippen LogP contribution is -2.15. The van der Waals surface area contributed by atoms with Crippen molar-refractivity contribution in [3.63, 3.8) is 0 Å². The van der Waals surface area contributed by atoms with Crippen molar-refractivity contribution in [3.05, 3.63) is 23.7 Å². The Kier molecular flexibility index (Phi) is 5.27. The molecule has 24 heavy (non-hydrogen) atoms. The normalized spacial score (nSPS) is 13.0. The topological polar surface area (TPSA) is 76.9 Å². The van der Waals surface area contributed by atoms with Crippen LogP contribution in [0.3, 0.4) is 0 Å². The van der Waals surface area contributed by atoms with Crippen molar-refractivity contribution in [1.82, 2.24) is 19.7 Å². The van der Waals surface area contributed by atoms with Gasteiger partial charge in [0.05, 0.1) is 24.0 Å². The van der Waals surface area contributed by atoms with E-state index in [1.54, 1.807) is 24.9 Å². The molecule has 1 atom stereocenters. The maximum Gasteiger partial charge on any atom is 0.421 e. The summed E-state index contributed by atoms with van der Waals surface area (Å²) in [7, 11) is 2.98. The highest BCUT2D eigenvalue weighted by Gasteiger charge is 2.35. The molecule has 7 nitrogen and oxygen atoms in total. The summed E-state index contributed by atoms with van der Waals surface area (Å²) in [5, 5.41) is 9.63. The number of aromatic nitrogens is 4. The van der Waals surface area contributed by atoms with Crippen LogP contribution in [0, 0.1) is 6.92 Å². The second kappa shape index (κ2) is 7.04. The number of nitrogens with one attached hydrogen (secondary N) is 2. The maximum absolute atomic E-state index is 12.9. The van der Waals surface area contributed by atoms with Crippen LogP contribution in [0.15, 0.2) is 12.4 Å². The van der Waals surface area contributed by atoms with Crippen LogP contribution in [0.2, 0.25) is 0 Å². The van der Waals surface area contributed by atoms with Crippen LogP contribution in [0.5, 0.6) is 0 Å². The molecule has 2 aromatic heterocycles. The molecule has 2 heterocycles. The second-order valence-corrected chi connectivity index (χ2v) is 5.23. The Labute approximate surface area is 137 Å². The first-order chi connectivity index (χ1) is 11.2. The molecule has 2 N–H and O–H groups in total. The smallest absolute Gasteiger partial charge is 0.380 e. The van der Waals surface area contributed by atoms with E-state index in [0.717, 1.165) is 6.20 Å². The fourth-order valence-corrected chi connectivity index (χ4v) is 2.03. The van der Waals surface area contributed by atoms with Gasteiger partial charge in [0.15, 0.2) is 0 Å². The van der Waals surface area contributed by atoms with Gasteiger partial charge < -0.3 is 15.4 Å². The summed E-state index contributed by atoms with van der Waals surface area (Å²) in [4.78, 5) is 7.60. The number of anilines is 3. The standard InChI is InChI=1S/C14H19F3N6O/c1-8(24-4)6-23-7-11(9(2)22-23)20-13-19-5-10(14(15,16)17)12(18-3)21-13/h5,7-8H,6H2,1-4H3,(H2,18,19,20,21)/t8-/m1/s1. The molecule has 132 valence electrons. The van der Waals surface area contributed by atoms with Gasteiger partial charge in [0.25, 0.3) is 0 Å². The van der Waals surface area contributed by atoms with Gasteiger partial charge >= 0.3 is 6.18 Å². The average Bonchev–Trinajstić information content (AvgIpc) is 2.85. The molecule has 0 unspecified atom stereocenters. The SMILES string of the molecule is CNc1nc(Nc2cn(C[C@@H](C)OC)nc2C)ncc1C(F)(F)F. The molecule has 2 aromatic rings. The fraction of sp³-hybridized carbons (Fsp3) is 0.500. The van der Waals surface area contributed by atoms with E-state index in [0.29, 0.717) is 17.9 Å². The molecule has 0 spiro atoms. The van der Waals surface area contributed by atoms with E-state index < -0.39 is 11.7 Å². The lowest BCUT2D eigenvalue weighted by molar-refractivity contribution is -0.137. The monoisotopic (exact) mass is 344 g/mol. The lowest BCUT2D eigenvalue weighted by atomic mass is 10.3. The Bertz CT molecular complexity index is 700. The molecule has 0 saturated carbocycles. The summed E-state index contributed by atoms with van der Waals surface area (Å²) in [5.41, 5.74) is 0.366. The average molecular weight is 344 g/mol. The number of ether oxygens (including phenoxy) is 1. The number of alkyl halides is 3. The molecule has 0 fully saturated rings. The van der Waals surface area contributed by atoms with E-state index in [1.165, 1.54) is 7.05 Å². The molecule has 0 aromatic carbocycles. The largest absolute Gasteiger partial charge is 0.421 e. The van der Waals surface area contributed by atoms with E-state index >= 15 is 0 Å². The van der Waals surface area contributed by atoms with Gasteiger partial charge in [-0.3, -0.25) is 4.68 Å². The fourth-order valence-electron chi connectivity index (χ4n) is 2.03. The van der Waals surface area contributed by atoms with E-state index in [-0.39, 0.29) is 17.9 Å². The minimum Gasteiger partial charge on any atom is -0.380 e. The number of methoxy groups -OCH3 is 1. The van der Waals surface area contributed by atoms with Crippen LogP contribution >= 0.6 is 0 Å². The summed E-state index contributed by atoms with van der Waals surface area (Å²) >= 11 is 0. The molecule has 0 amide bonds. The van der Waals surface area contributed by atoms with E-state index in [2.05, 4.69) is 25.7 Å². The molecule has 2 rings (SSSR count). The number of aryl methyl sites for hydroxylation is 1. The highest BCUT2D eigenvalue weighted by atomic mass is 19.4. The first kappa shape index (κ1) is 18.0. The molecular formula is C14H19F3N6O. The van der Waals surface area contributed by atoms with Crippen LogP contribution < -0.4 is 10.6 Å². The van der Waals surface area contributed by atoms with Gasteiger partial charge in [-0.1, -0.05) is 0 Å². The molecule has 0 bridgehead atoms. The van der Waals surface area contributed by atoms with Gasteiger partial charge in [0.1, 0.15) is 11.4 Å². The zero-order valence-corrected chi connectivity index (χ0v) is 13.8. The van der Waals surface area contributed by atoms with E-state index in [1.807, 2.05) is 6.92 Å². The molecule has 0 saturated heterocycles. The molecule has 10 heteroatoms. The van der Waals surface area contributed by atoms with Gasteiger partial charge in [-0.15, -0.1) is 0 Å². The summed E-state index contributed by atoms with van der Waals surface area (Å²) in [6.07, 6.45) is -2.07. The van der Waals surface area contributed by atoms with Crippen LogP contribution in [-0.2, 0) is 17.5 Å². The molecule has 0 aliphatic carbocycles. The molecule has 0 aliphatic rings. The Hall–Kier alpha value is -2.36. The Balaban J connectivity index is 2.22. The lowest BCUT2D eigenvalue weighted by Gasteiger charge is -2.12. The summed E-state index contributed by atoms with van der Waals surface area (Å²) < 4.78 is 45.4.